The summed E-state index contributed by atoms with van der Waals surface area (Å²) in [5.74, 6) is 0.0763. The minimum absolute atomic E-state index is 0.00781. The van der Waals surface area contributed by atoms with Crippen molar-refractivity contribution in [1.82, 2.24) is 9.29 Å². The second kappa shape index (κ2) is 10.8. The van der Waals surface area contributed by atoms with Gasteiger partial charge in [0.2, 0.25) is 10.0 Å². The summed E-state index contributed by atoms with van der Waals surface area (Å²) in [5.41, 5.74) is 1.53. The highest BCUT2D eigenvalue weighted by atomic mass is 32.2. The van der Waals surface area contributed by atoms with Crippen LogP contribution in [0.2, 0.25) is 0 Å². The van der Waals surface area contributed by atoms with Crippen LogP contribution < -0.4 is 10.3 Å². The third kappa shape index (κ3) is 5.48. The quantitative estimate of drug-likeness (QED) is 0.343. The van der Waals surface area contributed by atoms with Gasteiger partial charge >= 0.3 is 5.97 Å². The number of nitrogens with one attached hydrogen (secondary N) is 1. The van der Waals surface area contributed by atoms with Crippen LogP contribution in [-0.4, -0.2) is 37.4 Å². The lowest BCUT2D eigenvalue weighted by Crippen LogP contribution is -2.32. The van der Waals surface area contributed by atoms with Crippen LogP contribution in [0, 0.1) is 0 Å². The first kappa shape index (κ1) is 25.2. The summed E-state index contributed by atoms with van der Waals surface area (Å²) in [6.45, 7) is 1.83. The Balaban J connectivity index is 1.72. The van der Waals surface area contributed by atoms with Crippen LogP contribution in [0.5, 0.6) is 5.75 Å². The Morgan fingerprint density at radius 3 is 2.33 bits per heavy atom. The number of carbonyl (C=O) groups excluding carboxylic acids is 1. The Hall–Kier alpha value is -3.95. The van der Waals surface area contributed by atoms with Gasteiger partial charge in [0.1, 0.15) is 5.75 Å². The third-order valence-corrected chi connectivity index (χ3v) is 7.49. The Morgan fingerprint density at radius 1 is 0.944 bits per heavy atom. The number of aromatic nitrogens is 1. The molecule has 0 aliphatic rings. The maximum atomic E-state index is 13.7. The Labute approximate surface area is 209 Å². The summed E-state index contributed by atoms with van der Waals surface area (Å²) in [6, 6.07) is 21.7. The number of H-pyrrole nitrogens is 1. The van der Waals surface area contributed by atoms with Gasteiger partial charge in [-0.3, -0.25) is 4.79 Å². The van der Waals surface area contributed by atoms with E-state index in [9.17, 15) is 18.0 Å². The molecule has 0 spiro atoms. The first-order valence-electron chi connectivity index (χ1n) is 11.3. The van der Waals surface area contributed by atoms with Crippen LogP contribution in [0.25, 0.3) is 10.9 Å². The normalized spacial score (nSPS) is 11.5. The van der Waals surface area contributed by atoms with E-state index in [0.717, 1.165) is 10.9 Å². The molecule has 0 bridgehead atoms. The van der Waals surface area contributed by atoms with E-state index in [1.54, 1.807) is 38.3 Å². The van der Waals surface area contributed by atoms with Crippen molar-refractivity contribution in [2.45, 2.75) is 24.9 Å². The molecule has 1 N–H and O–H groups in total. The summed E-state index contributed by atoms with van der Waals surface area (Å²) in [5, 5.41) is 0.751. The molecule has 4 rings (SSSR count). The lowest BCUT2D eigenvalue weighted by Gasteiger charge is -2.22. The van der Waals surface area contributed by atoms with Crippen LogP contribution in [-0.2, 0) is 27.8 Å². The van der Waals surface area contributed by atoms with Gasteiger partial charge in [-0.2, -0.15) is 4.31 Å². The number of fused-ring (bicyclic) bond motifs is 1. The molecule has 0 aliphatic heterocycles. The van der Waals surface area contributed by atoms with Gasteiger partial charge in [0.25, 0.3) is 5.56 Å². The van der Waals surface area contributed by atoms with Crippen LogP contribution in [0.1, 0.15) is 28.4 Å². The number of hydrogen-bond donors (Lipinski definition) is 1. The summed E-state index contributed by atoms with van der Waals surface area (Å²) < 4.78 is 38.8. The molecule has 1 aromatic heterocycles. The standard InChI is InChI=1S/C27H26N2O6S/c1-3-35-27(31)20-10-13-24(14-11-20)36(32,33)29(17-19-7-5-4-6-8-19)18-22-15-21-9-12-23(34-2)16-25(21)28-26(22)30/h4-16H,3,17-18H2,1-2H3,(H,28,30). The topological polar surface area (TPSA) is 106 Å². The molecule has 36 heavy (non-hydrogen) atoms. The number of methoxy groups -OCH3 is 1. The molecule has 0 saturated carbocycles. The molecule has 0 saturated heterocycles. The maximum absolute atomic E-state index is 13.7. The van der Waals surface area contributed by atoms with Crippen molar-refractivity contribution in [3.63, 3.8) is 0 Å². The maximum Gasteiger partial charge on any atom is 0.338 e. The number of rotatable bonds is 9. The smallest absolute Gasteiger partial charge is 0.338 e. The monoisotopic (exact) mass is 506 g/mol. The van der Waals surface area contributed by atoms with E-state index < -0.39 is 16.0 Å². The molecule has 8 nitrogen and oxygen atoms in total. The number of ether oxygens (including phenoxy) is 2. The van der Waals surface area contributed by atoms with Crippen LogP contribution >= 0.6 is 0 Å². The molecule has 4 aromatic rings. The summed E-state index contributed by atoms with van der Waals surface area (Å²) in [6.07, 6.45) is 0. The van der Waals surface area contributed by atoms with Gasteiger partial charge in [-0.25, -0.2) is 13.2 Å². The largest absolute Gasteiger partial charge is 0.497 e. The fraction of sp³-hybridized carbons (Fsp3) is 0.185. The highest BCUT2D eigenvalue weighted by molar-refractivity contribution is 7.89. The van der Waals surface area contributed by atoms with Crippen LogP contribution in [0.3, 0.4) is 0 Å². The Bertz CT molecular complexity index is 1530. The Morgan fingerprint density at radius 2 is 1.67 bits per heavy atom. The number of nitrogens with zero attached hydrogens (tertiary/aromatic N) is 1. The highest BCUT2D eigenvalue weighted by Crippen LogP contribution is 2.23. The fourth-order valence-electron chi connectivity index (χ4n) is 3.80. The molecule has 3 aromatic carbocycles. The van der Waals surface area contributed by atoms with E-state index in [4.69, 9.17) is 9.47 Å². The number of esters is 1. The minimum Gasteiger partial charge on any atom is -0.497 e. The number of carbonyl (C=O) groups is 1. The molecule has 9 heteroatoms. The Kier molecular flexibility index (Phi) is 7.52. The van der Waals surface area contributed by atoms with E-state index >= 15 is 0 Å². The van der Waals surface area contributed by atoms with E-state index in [-0.39, 0.29) is 35.7 Å². The van der Waals surface area contributed by atoms with Crippen molar-refractivity contribution < 1.29 is 22.7 Å². The molecular formula is C27H26N2O6S. The van der Waals surface area contributed by atoms with Gasteiger partial charge < -0.3 is 14.5 Å². The van der Waals surface area contributed by atoms with Gasteiger partial charge in [-0.05, 0) is 60.3 Å². The molecule has 0 aliphatic carbocycles. The zero-order valence-electron chi connectivity index (χ0n) is 19.9. The molecule has 0 atom stereocenters. The average molecular weight is 507 g/mol. The molecule has 0 unspecified atom stereocenters. The molecule has 186 valence electrons. The van der Waals surface area contributed by atoms with Gasteiger partial charge in [-0.15, -0.1) is 0 Å². The van der Waals surface area contributed by atoms with Gasteiger partial charge in [0, 0.05) is 24.7 Å². The molecule has 1 heterocycles. The summed E-state index contributed by atoms with van der Waals surface area (Å²) in [4.78, 5) is 27.7. The first-order chi connectivity index (χ1) is 17.3. The fourth-order valence-corrected chi connectivity index (χ4v) is 5.21. The van der Waals surface area contributed by atoms with E-state index in [2.05, 4.69) is 4.98 Å². The second-order valence-electron chi connectivity index (χ2n) is 8.08. The lowest BCUT2D eigenvalue weighted by atomic mass is 10.1. The van der Waals surface area contributed by atoms with Gasteiger partial charge in [-0.1, -0.05) is 30.3 Å². The molecule has 0 radical (unpaired) electrons. The number of benzene rings is 3. The van der Waals surface area contributed by atoms with Crippen molar-refractivity contribution in [1.29, 1.82) is 0 Å². The van der Waals surface area contributed by atoms with Gasteiger partial charge in [0.15, 0.2) is 0 Å². The molecular weight excluding hydrogens is 480 g/mol. The van der Waals surface area contributed by atoms with E-state index in [1.807, 2.05) is 30.3 Å². The van der Waals surface area contributed by atoms with Crippen molar-refractivity contribution in [2.75, 3.05) is 13.7 Å². The third-order valence-electron chi connectivity index (χ3n) is 5.68. The number of hydrogen-bond acceptors (Lipinski definition) is 6. The highest BCUT2D eigenvalue weighted by Gasteiger charge is 2.26. The van der Waals surface area contributed by atoms with Crippen LogP contribution in [0.4, 0.5) is 0 Å². The first-order valence-corrected chi connectivity index (χ1v) is 12.8. The summed E-state index contributed by atoms with van der Waals surface area (Å²) in [7, 11) is -2.48. The summed E-state index contributed by atoms with van der Waals surface area (Å²) >= 11 is 0. The number of pyridine rings is 1. The van der Waals surface area contributed by atoms with Crippen molar-refractivity contribution in [3.05, 3.63) is 106 Å². The van der Waals surface area contributed by atoms with Crippen molar-refractivity contribution in [3.8, 4) is 5.75 Å². The lowest BCUT2D eigenvalue weighted by molar-refractivity contribution is 0.0526. The van der Waals surface area contributed by atoms with Crippen LogP contribution in [0.15, 0.2) is 88.6 Å². The van der Waals surface area contributed by atoms with Gasteiger partial charge in [0.05, 0.1) is 29.7 Å². The van der Waals surface area contributed by atoms with E-state index in [0.29, 0.717) is 16.8 Å². The van der Waals surface area contributed by atoms with Crippen molar-refractivity contribution in [2.24, 2.45) is 0 Å². The SMILES string of the molecule is CCOC(=O)c1ccc(S(=O)(=O)N(Cc2ccccc2)Cc2cc3ccc(OC)cc3[nH]c2=O)cc1. The van der Waals surface area contributed by atoms with Crippen molar-refractivity contribution >= 4 is 26.9 Å². The second-order valence-corrected chi connectivity index (χ2v) is 10.0. The number of sulfonamides is 1. The number of aromatic amines is 1. The predicted molar refractivity (Wildman–Crippen MR) is 136 cm³/mol. The minimum atomic E-state index is -4.02. The zero-order valence-corrected chi connectivity index (χ0v) is 20.7. The molecule has 0 amide bonds. The average Bonchev–Trinajstić information content (AvgIpc) is 2.89. The van der Waals surface area contributed by atoms with E-state index in [1.165, 1.54) is 28.6 Å². The molecule has 0 fully saturated rings. The predicted octanol–water partition coefficient (Wildman–Crippen LogP) is 4.10. The zero-order chi connectivity index (χ0) is 25.7.